The molecule has 0 saturated carbocycles. The van der Waals surface area contributed by atoms with Crippen LogP contribution in [0.2, 0.25) is 0 Å². The summed E-state index contributed by atoms with van der Waals surface area (Å²) in [5.74, 6) is -0.121. The molecular weight excluding hydrogens is 410 g/mol. The number of aliphatic carboxylic acids is 1. The summed E-state index contributed by atoms with van der Waals surface area (Å²) in [6.07, 6.45) is 10.3. The molecular formula is C24H33N3O5. The monoisotopic (exact) mass is 443 g/mol. The Kier molecular flexibility index (Phi) is 9.10. The van der Waals surface area contributed by atoms with Gasteiger partial charge in [0.2, 0.25) is 5.91 Å². The second-order valence-corrected chi connectivity index (χ2v) is 8.42. The Labute approximate surface area is 188 Å². The molecule has 3 amide bonds. The van der Waals surface area contributed by atoms with E-state index in [0.717, 1.165) is 32.1 Å². The highest BCUT2D eigenvalue weighted by Gasteiger charge is 2.47. The van der Waals surface area contributed by atoms with Crippen LogP contribution in [0.4, 0.5) is 10.5 Å². The zero-order chi connectivity index (χ0) is 22.8. The lowest BCUT2D eigenvalue weighted by Gasteiger charge is -2.27. The van der Waals surface area contributed by atoms with Crippen molar-refractivity contribution in [3.05, 3.63) is 42.5 Å². The Balaban J connectivity index is 1.33. The van der Waals surface area contributed by atoms with Crippen LogP contribution in [0.1, 0.15) is 44.9 Å². The summed E-state index contributed by atoms with van der Waals surface area (Å²) in [6.45, 7) is 0.477. The maximum absolute atomic E-state index is 12.1. The van der Waals surface area contributed by atoms with Crippen LogP contribution < -0.4 is 16.0 Å². The summed E-state index contributed by atoms with van der Waals surface area (Å²) in [4.78, 5) is 34.5. The van der Waals surface area contributed by atoms with Gasteiger partial charge in [0.05, 0.1) is 18.8 Å². The van der Waals surface area contributed by atoms with Crippen molar-refractivity contribution in [2.45, 2.75) is 57.2 Å². The lowest BCUT2D eigenvalue weighted by atomic mass is 9.76. The highest BCUT2D eigenvalue weighted by molar-refractivity contribution is 5.92. The van der Waals surface area contributed by atoms with Crippen molar-refractivity contribution in [2.24, 2.45) is 11.8 Å². The zero-order valence-electron chi connectivity index (χ0n) is 18.3. The Morgan fingerprint density at radius 3 is 2.53 bits per heavy atom. The number of carboxylic acid groups (broad SMARTS) is 1. The predicted octanol–water partition coefficient (Wildman–Crippen LogP) is 3.31. The SMILES string of the molecule is O=C(O)CCCC=CC[C@@H]1[C@H](CCNC(=O)CNC(=O)Nc2ccccc2)[C@@H]2CC[C@H]1O2. The lowest BCUT2D eigenvalue weighted by Crippen LogP contribution is -2.40. The molecule has 4 atom stereocenters. The standard InChI is InChI=1S/C24H33N3O5/c28-22(16-26-24(31)27-17-8-4-3-5-9-17)25-15-14-19-18(20-12-13-21(19)32-20)10-6-1-2-7-11-23(29)30/h1,3-6,8-9,18-21H,2,7,10-16H2,(H,25,28)(H,29,30)(H2,26,27,31)/t18-,19+,20-,21+/m1/s1. The second-order valence-electron chi connectivity index (χ2n) is 8.42. The minimum Gasteiger partial charge on any atom is -0.481 e. The van der Waals surface area contributed by atoms with E-state index < -0.39 is 12.0 Å². The van der Waals surface area contributed by atoms with E-state index in [1.54, 1.807) is 12.1 Å². The molecule has 1 aromatic carbocycles. The summed E-state index contributed by atoms with van der Waals surface area (Å²) in [7, 11) is 0. The van der Waals surface area contributed by atoms with Crippen LogP contribution in [0, 0.1) is 11.8 Å². The predicted molar refractivity (Wildman–Crippen MR) is 121 cm³/mol. The molecule has 1 aromatic rings. The van der Waals surface area contributed by atoms with Crippen molar-refractivity contribution in [3.63, 3.8) is 0 Å². The van der Waals surface area contributed by atoms with Crippen LogP contribution in [0.5, 0.6) is 0 Å². The number of carbonyl (C=O) groups is 3. The number of para-hydroxylation sites is 1. The summed E-state index contributed by atoms with van der Waals surface area (Å²) in [5.41, 5.74) is 0.670. The van der Waals surface area contributed by atoms with E-state index in [9.17, 15) is 14.4 Å². The summed E-state index contributed by atoms with van der Waals surface area (Å²) >= 11 is 0. The molecule has 0 aromatic heterocycles. The molecule has 8 nitrogen and oxygen atoms in total. The third kappa shape index (κ3) is 7.37. The van der Waals surface area contributed by atoms with Crippen LogP contribution in [0.3, 0.4) is 0 Å². The van der Waals surface area contributed by atoms with Crippen LogP contribution in [-0.2, 0) is 14.3 Å². The lowest BCUT2D eigenvalue weighted by molar-refractivity contribution is -0.137. The number of hydrogen-bond donors (Lipinski definition) is 4. The smallest absolute Gasteiger partial charge is 0.319 e. The molecule has 2 fully saturated rings. The van der Waals surface area contributed by atoms with Gasteiger partial charge in [-0.1, -0.05) is 30.4 Å². The van der Waals surface area contributed by atoms with Crippen molar-refractivity contribution in [1.29, 1.82) is 0 Å². The van der Waals surface area contributed by atoms with Crippen molar-refractivity contribution in [1.82, 2.24) is 10.6 Å². The summed E-state index contributed by atoms with van der Waals surface area (Å²) in [6, 6.07) is 8.65. The van der Waals surface area contributed by atoms with Crippen LogP contribution in [-0.4, -0.2) is 48.3 Å². The van der Waals surface area contributed by atoms with Gasteiger partial charge in [0, 0.05) is 18.7 Å². The largest absolute Gasteiger partial charge is 0.481 e. The van der Waals surface area contributed by atoms with E-state index in [-0.39, 0.29) is 31.1 Å². The zero-order valence-corrected chi connectivity index (χ0v) is 18.3. The molecule has 3 rings (SSSR count). The number of carboxylic acids is 1. The topological polar surface area (TPSA) is 117 Å². The number of unbranched alkanes of at least 4 members (excludes halogenated alkanes) is 1. The average Bonchev–Trinajstić information content (AvgIpc) is 3.37. The van der Waals surface area contributed by atoms with Gasteiger partial charge >= 0.3 is 12.0 Å². The molecule has 2 bridgehead atoms. The number of ether oxygens (including phenoxy) is 1. The molecule has 2 heterocycles. The quantitative estimate of drug-likeness (QED) is 0.292. The fourth-order valence-electron chi connectivity index (χ4n) is 4.64. The number of fused-ring (bicyclic) bond motifs is 2. The van der Waals surface area contributed by atoms with Crippen molar-refractivity contribution in [3.8, 4) is 0 Å². The molecule has 2 aliphatic rings. The first-order chi connectivity index (χ1) is 15.5. The number of carbonyl (C=O) groups excluding carboxylic acids is 2. The van der Waals surface area contributed by atoms with Crippen molar-refractivity contribution < 1.29 is 24.2 Å². The minimum atomic E-state index is -0.756. The van der Waals surface area contributed by atoms with Crippen LogP contribution in [0.15, 0.2) is 42.5 Å². The number of nitrogens with one attached hydrogen (secondary N) is 3. The molecule has 174 valence electrons. The first kappa shape index (κ1) is 23.8. The van der Waals surface area contributed by atoms with Crippen LogP contribution in [0.25, 0.3) is 0 Å². The van der Waals surface area contributed by atoms with Gasteiger partial charge in [0.15, 0.2) is 0 Å². The van der Waals surface area contributed by atoms with Gasteiger partial charge in [-0.15, -0.1) is 0 Å². The average molecular weight is 444 g/mol. The van der Waals surface area contributed by atoms with E-state index in [0.29, 0.717) is 30.5 Å². The third-order valence-electron chi connectivity index (χ3n) is 6.17. The van der Waals surface area contributed by atoms with E-state index in [1.165, 1.54) is 0 Å². The van der Waals surface area contributed by atoms with Gasteiger partial charge in [-0.25, -0.2) is 4.79 Å². The van der Waals surface area contributed by atoms with E-state index >= 15 is 0 Å². The van der Waals surface area contributed by atoms with Crippen LogP contribution >= 0.6 is 0 Å². The van der Waals surface area contributed by atoms with Gasteiger partial charge in [0.25, 0.3) is 0 Å². The molecule has 32 heavy (non-hydrogen) atoms. The first-order valence-electron chi connectivity index (χ1n) is 11.4. The molecule has 0 aliphatic carbocycles. The molecule has 0 radical (unpaired) electrons. The number of hydrogen-bond acceptors (Lipinski definition) is 4. The minimum absolute atomic E-state index is 0.0750. The molecule has 2 aliphatic heterocycles. The Morgan fingerprint density at radius 2 is 1.78 bits per heavy atom. The Hall–Kier alpha value is -2.87. The Morgan fingerprint density at radius 1 is 1.03 bits per heavy atom. The highest BCUT2D eigenvalue weighted by atomic mass is 16.5. The molecule has 2 saturated heterocycles. The number of rotatable bonds is 12. The number of allylic oxidation sites excluding steroid dienone is 2. The maximum atomic E-state index is 12.1. The Bertz CT molecular complexity index is 798. The fourth-order valence-corrected chi connectivity index (χ4v) is 4.64. The van der Waals surface area contributed by atoms with Gasteiger partial charge in [-0.05, 0) is 62.5 Å². The third-order valence-corrected chi connectivity index (χ3v) is 6.17. The summed E-state index contributed by atoms with van der Waals surface area (Å²) < 4.78 is 6.11. The van der Waals surface area contributed by atoms with Crippen molar-refractivity contribution >= 4 is 23.6 Å². The highest BCUT2D eigenvalue weighted by Crippen LogP contribution is 2.46. The van der Waals surface area contributed by atoms with Crippen molar-refractivity contribution in [2.75, 3.05) is 18.4 Å². The fraction of sp³-hybridized carbons (Fsp3) is 0.542. The van der Waals surface area contributed by atoms with E-state index in [2.05, 4.69) is 28.1 Å². The van der Waals surface area contributed by atoms with E-state index in [4.69, 9.17) is 9.84 Å². The molecule has 0 spiro atoms. The first-order valence-corrected chi connectivity index (χ1v) is 11.4. The number of benzene rings is 1. The normalized spacial score (nSPS) is 23.9. The summed E-state index contributed by atoms with van der Waals surface area (Å²) in [5, 5.41) is 16.8. The maximum Gasteiger partial charge on any atom is 0.319 e. The van der Waals surface area contributed by atoms with E-state index in [1.807, 2.05) is 18.2 Å². The van der Waals surface area contributed by atoms with Gasteiger partial charge in [-0.3, -0.25) is 9.59 Å². The number of anilines is 1. The van der Waals surface area contributed by atoms with Gasteiger partial charge in [0.1, 0.15) is 0 Å². The second kappa shape index (κ2) is 12.2. The number of amides is 3. The molecule has 0 unspecified atom stereocenters. The van der Waals surface area contributed by atoms with Gasteiger partial charge < -0.3 is 25.8 Å². The molecule has 8 heteroatoms. The number of urea groups is 1. The van der Waals surface area contributed by atoms with Gasteiger partial charge in [-0.2, -0.15) is 0 Å². The molecule has 4 N–H and O–H groups in total.